The summed E-state index contributed by atoms with van der Waals surface area (Å²) < 4.78 is 0. The van der Waals surface area contributed by atoms with E-state index in [2.05, 4.69) is 34.6 Å². The van der Waals surface area contributed by atoms with E-state index in [-0.39, 0.29) is 11.2 Å². The molecule has 3 fully saturated rings. The molecular formula is C27H46O3. The van der Waals surface area contributed by atoms with E-state index in [4.69, 9.17) is 0 Å². The molecule has 3 aliphatic rings. The summed E-state index contributed by atoms with van der Waals surface area (Å²) in [4.78, 5) is 24.8. The van der Waals surface area contributed by atoms with Crippen molar-refractivity contribution in [1.82, 2.24) is 0 Å². The van der Waals surface area contributed by atoms with Gasteiger partial charge in [-0.15, -0.1) is 0 Å². The Hall–Kier alpha value is -0.700. The van der Waals surface area contributed by atoms with Crippen LogP contribution in [0.1, 0.15) is 105 Å². The predicted molar refractivity (Wildman–Crippen MR) is 122 cm³/mol. The van der Waals surface area contributed by atoms with Crippen LogP contribution < -0.4 is 0 Å². The Labute approximate surface area is 184 Å². The zero-order chi connectivity index (χ0) is 22.1. The van der Waals surface area contributed by atoms with Crippen LogP contribution in [0.3, 0.4) is 0 Å². The maximum Gasteiger partial charge on any atom is 0.141 e. The molecule has 1 unspecified atom stereocenters. The van der Waals surface area contributed by atoms with Crippen molar-refractivity contribution in [3.8, 4) is 0 Å². The van der Waals surface area contributed by atoms with Crippen molar-refractivity contribution in [3.05, 3.63) is 0 Å². The Balaban J connectivity index is 1.77. The number of carbonyl (C=O) groups is 2. The molecule has 3 saturated carbocycles. The van der Waals surface area contributed by atoms with Crippen molar-refractivity contribution in [2.75, 3.05) is 0 Å². The topological polar surface area (TPSA) is 54.4 Å². The second kappa shape index (κ2) is 9.43. The van der Waals surface area contributed by atoms with Gasteiger partial charge >= 0.3 is 0 Å². The number of rotatable bonds is 8. The summed E-state index contributed by atoms with van der Waals surface area (Å²) in [6.07, 6.45) is 11.8. The second-order valence-corrected chi connectivity index (χ2v) is 12.0. The third kappa shape index (κ3) is 4.43. The number of aldehydes is 1. The molecule has 0 aromatic carbocycles. The molecule has 8 atom stereocenters. The van der Waals surface area contributed by atoms with E-state index in [9.17, 15) is 14.7 Å². The van der Waals surface area contributed by atoms with E-state index in [1.807, 2.05) is 0 Å². The van der Waals surface area contributed by atoms with Gasteiger partial charge in [-0.25, -0.2) is 0 Å². The van der Waals surface area contributed by atoms with Gasteiger partial charge < -0.3 is 9.90 Å². The maximum absolute atomic E-state index is 13.0. The average molecular weight is 419 g/mol. The lowest BCUT2D eigenvalue weighted by Crippen LogP contribution is -2.51. The lowest BCUT2D eigenvalue weighted by Gasteiger charge is -2.54. The van der Waals surface area contributed by atoms with Gasteiger partial charge in [0, 0.05) is 18.3 Å². The number of Topliss-reactive ketones (excluding diaryl/α,β-unsaturated/α-hetero) is 1. The monoisotopic (exact) mass is 418 g/mol. The van der Waals surface area contributed by atoms with Gasteiger partial charge in [0.1, 0.15) is 12.1 Å². The summed E-state index contributed by atoms with van der Waals surface area (Å²) in [5.74, 6) is 3.71. The van der Waals surface area contributed by atoms with Gasteiger partial charge in [-0.3, -0.25) is 4.79 Å². The largest absolute Gasteiger partial charge is 0.393 e. The molecule has 0 aromatic rings. The highest BCUT2D eigenvalue weighted by atomic mass is 16.3. The van der Waals surface area contributed by atoms with Crippen LogP contribution in [0.15, 0.2) is 0 Å². The number of hydrogen-bond acceptors (Lipinski definition) is 3. The molecule has 0 saturated heterocycles. The first-order valence-corrected chi connectivity index (χ1v) is 12.8. The summed E-state index contributed by atoms with van der Waals surface area (Å²) >= 11 is 0. The molecule has 0 spiro atoms. The van der Waals surface area contributed by atoms with Crippen LogP contribution in [0.2, 0.25) is 0 Å². The summed E-state index contributed by atoms with van der Waals surface area (Å²) in [7, 11) is 0. The number of fused-ring (bicyclic) bond motifs is 1. The van der Waals surface area contributed by atoms with E-state index in [1.54, 1.807) is 0 Å². The fraction of sp³-hybridized carbons (Fsp3) is 0.926. The zero-order valence-electron chi connectivity index (χ0n) is 20.2. The van der Waals surface area contributed by atoms with Crippen LogP contribution >= 0.6 is 0 Å². The molecule has 0 aromatic heterocycles. The Morgan fingerprint density at radius 1 is 1.03 bits per heavy atom. The summed E-state index contributed by atoms with van der Waals surface area (Å²) in [5, 5.41) is 9.99. The van der Waals surface area contributed by atoms with E-state index in [1.165, 1.54) is 38.5 Å². The van der Waals surface area contributed by atoms with Crippen molar-refractivity contribution in [3.63, 3.8) is 0 Å². The van der Waals surface area contributed by atoms with Gasteiger partial charge in [0.25, 0.3) is 0 Å². The summed E-state index contributed by atoms with van der Waals surface area (Å²) in [6, 6.07) is 0. The molecule has 0 bridgehead atoms. The highest BCUT2D eigenvalue weighted by Gasteiger charge is 2.58. The first kappa shape index (κ1) is 24.0. The Morgan fingerprint density at radius 3 is 2.40 bits per heavy atom. The van der Waals surface area contributed by atoms with Gasteiger partial charge in [0.2, 0.25) is 0 Å². The molecule has 0 amide bonds. The van der Waals surface area contributed by atoms with Crippen molar-refractivity contribution in [2.24, 2.45) is 46.3 Å². The highest BCUT2D eigenvalue weighted by Crippen LogP contribution is 2.64. The molecule has 3 heteroatoms. The predicted octanol–water partition coefficient (Wildman–Crippen LogP) is 6.22. The van der Waals surface area contributed by atoms with Gasteiger partial charge in [-0.2, -0.15) is 0 Å². The van der Waals surface area contributed by atoms with Crippen LogP contribution in [-0.4, -0.2) is 23.3 Å². The minimum atomic E-state index is -0.466. The SMILES string of the molecule is CC(C)CCC[C@@H](C)[C@H]1CCC2[C@H](CC=O)[C@@H]([C@@]3(C)CC[C@H](O)CC3=O)CC[C@@]21C. The van der Waals surface area contributed by atoms with E-state index >= 15 is 0 Å². The maximum atomic E-state index is 13.0. The minimum Gasteiger partial charge on any atom is -0.393 e. The summed E-state index contributed by atoms with van der Waals surface area (Å²) in [5.41, 5.74) is -0.0375. The Kier molecular flexibility index (Phi) is 7.53. The number of aliphatic hydroxyl groups excluding tert-OH is 1. The van der Waals surface area contributed by atoms with E-state index in [0.29, 0.717) is 36.0 Å². The minimum absolute atomic E-state index is 0.238. The van der Waals surface area contributed by atoms with Gasteiger partial charge in [-0.05, 0) is 79.4 Å². The molecule has 30 heavy (non-hydrogen) atoms. The van der Waals surface area contributed by atoms with Crippen molar-refractivity contribution >= 4 is 12.1 Å². The van der Waals surface area contributed by atoms with Crippen LogP contribution in [0.4, 0.5) is 0 Å². The summed E-state index contributed by atoms with van der Waals surface area (Å²) in [6.45, 7) is 11.8. The fourth-order valence-electron chi connectivity index (χ4n) is 8.09. The molecule has 3 rings (SSSR count). The molecule has 0 heterocycles. The van der Waals surface area contributed by atoms with Crippen LogP contribution in [0, 0.1) is 46.3 Å². The fourth-order valence-corrected chi connectivity index (χ4v) is 8.09. The molecule has 0 aliphatic heterocycles. The van der Waals surface area contributed by atoms with Gasteiger partial charge in [0.05, 0.1) is 6.10 Å². The number of ketones is 1. The molecule has 1 N–H and O–H groups in total. The standard InChI is InChI=1S/C27H46O3/c1-18(2)7-6-8-19(3)22-9-10-23-21(13-16-28)24(12-15-26(22,23)4)27(5)14-11-20(29)17-25(27)30/h16,18-24,29H,6-15,17H2,1-5H3/t19-,20+,21+,22-,23?,24+,26-,27-/m1/s1. The first-order valence-electron chi connectivity index (χ1n) is 12.8. The first-order chi connectivity index (χ1) is 14.1. The highest BCUT2D eigenvalue weighted by molar-refractivity contribution is 5.86. The Morgan fingerprint density at radius 2 is 1.77 bits per heavy atom. The number of carbonyl (C=O) groups excluding carboxylic acids is 2. The molecule has 172 valence electrons. The van der Waals surface area contributed by atoms with E-state index in [0.717, 1.165) is 43.3 Å². The lowest BCUT2D eigenvalue weighted by atomic mass is 9.49. The van der Waals surface area contributed by atoms with Crippen LogP contribution in [0.5, 0.6) is 0 Å². The molecular weight excluding hydrogens is 372 g/mol. The molecule has 3 nitrogen and oxygen atoms in total. The smallest absolute Gasteiger partial charge is 0.141 e. The zero-order valence-corrected chi connectivity index (χ0v) is 20.2. The van der Waals surface area contributed by atoms with Crippen molar-refractivity contribution in [1.29, 1.82) is 0 Å². The second-order valence-electron chi connectivity index (χ2n) is 12.0. The van der Waals surface area contributed by atoms with E-state index < -0.39 is 6.10 Å². The third-order valence-electron chi connectivity index (χ3n) is 9.88. The number of hydrogen-bond donors (Lipinski definition) is 1. The third-order valence-corrected chi connectivity index (χ3v) is 9.88. The van der Waals surface area contributed by atoms with Gasteiger partial charge in [-0.1, -0.05) is 53.9 Å². The number of aliphatic hydroxyl groups is 1. The van der Waals surface area contributed by atoms with Gasteiger partial charge in [0.15, 0.2) is 0 Å². The van der Waals surface area contributed by atoms with Crippen molar-refractivity contribution < 1.29 is 14.7 Å². The van der Waals surface area contributed by atoms with Crippen molar-refractivity contribution in [2.45, 2.75) is 111 Å². The molecule has 3 aliphatic carbocycles. The van der Waals surface area contributed by atoms with Crippen LogP contribution in [0.25, 0.3) is 0 Å². The van der Waals surface area contributed by atoms with Crippen LogP contribution in [-0.2, 0) is 9.59 Å². The lowest BCUT2D eigenvalue weighted by molar-refractivity contribution is -0.146. The molecule has 0 radical (unpaired) electrons. The Bertz CT molecular complexity index is 613. The normalized spacial score (nSPS) is 42.9. The quantitative estimate of drug-likeness (QED) is 0.476. The average Bonchev–Trinajstić information content (AvgIpc) is 3.02.